The molecule has 1 aliphatic carbocycles. The summed E-state index contributed by atoms with van der Waals surface area (Å²) >= 11 is 0. The number of ether oxygens (including phenoxy) is 1. The molecule has 1 N–H and O–H groups in total. The van der Waals surface area contributed by atoms with Crippen molar-refractivity contribution in [3.8, 4) is 6.07 Å². The fourth-order valence-corrected chi connectivity index (χ4v) is 4.83. The topological polar surface area (TPSA) is 73.6 Å². The molecule has 1 aromatic carbocycles. The first-order chi connectivity index (χ1) is 13.3. The number of nitrogens with zero attached hydrogens (tertiary/aromatic N) is 2. The Kier molecular flexibility index (Phi) is 5.29. The van der Waals surface area contributed by atoms with E-state index in [0.29, 0.717) is 26.1 Å². The zero-order chi connectivity index (χ0) is 18.8. The van der Waals surface area contributed by atoms with Crippen molar-refractivity contribution < 1.29 is 14.6 Å². The number of aliphatic hydroxyl groups is 1. The van der Waals surface area contributed by atoms with Gasteiger partial charge in [-0.15, -0.1) is 0 Å². The molecule has 2 fully saturated rings. The number of hydrogen-bond acceptors (Lipinski definition) is 4. The number of hydrogen-bond donors (Lipinski definition) is 1. The molecule has 3 aliphatic rings. The molecule has 4 rings (SSSR count). The lowest BCUT2D eigenvalue weighted by Gasteiger charge is -2.53. The highest BCUT2D eigenvalue weighted by atomic mass is 16.5. The van der Waals surface area contributed by atoms with Crippen molar-refractivity contribution in [1.29, 1.82) is 5.26 Å². The first kappa shape index (κ1) is 18.2. The van der Waals surface area contributed by atoms with Crippen molar-refractivity contribution in [1.82, 2.24) is 4.90 Å². The molecule has 5 nitrogen and oxygen atoms in total. The fraction of sp³-hybridized carbons (Fsp3) is 0.545. The summed E-state index contributed by atoms with van der Waals surface area (Å²) in [5, 5.41) is 19.9. The minimum Gasteiger partial charge on any atom is -0.394 e. The quantitative estimate of drug-likeness (QED) is 0.889. The third-order valence-electron chi connectivity index (χ3n) is 6.26. The van der Waals surface area contributed by atoms with E-state index in [2.05, 4.69) is 24.3 Å². The maximum absolute atomic E-state index is 13.0. The van der Waals surface area contributed by atoms with Crippen LogP contribution in [0.4, 0.5) is 0 Å². The van der Waals surface area contributed by atoms with Crippen LogP contribution in [0.15, 0.2) is 30.3 Å². The van der Waals surface area contributed by atoms with Crippen LogP contribution in [0, 0.1) is 17.2 Å². The predicted octanol–water partition coefficient (Wildman–Crippen LogP) is 2.86. The van der Waals surface area contributed by atoms with Gasteiger partial charge < -0.3 is 14.7 Å². The Bertz CT molecular complexity index is 776. The molecule has 0 radical (unpaired) electrons. The van der Waals surface area contributed by atoms with Crippen LogP contribution in [0.3, 0.4) is 0 Å². The number of carbonyl (C=O) groups is 1. The molecule has 2 aliphatic heterocycles. The summed E-state index contributed by atoms with van der Waals surface area (Å²) in [7, 11) is 0. The van der Waals surface area contributed by atoms with Crippen LogP contribution in [-0.2, 0) is 9.53 Å². The van der Waals surface area contributed by atoms with E-state index in [1.54, 1.807) is 4.90 Å². The summed E-state index contributed by atoms with van der Waals surface area (Å²) in [6, 6.07) is 9.68. The van der Waals surface area contributed by atoms with Crippen molar-refractivity contribution in [3.05, 3.63) is 41.5 Å². The van der Waals surface area contributed by atoms with E-state index in [9.17, 15) is 15.2 Å². The van der Waals surface area contributed by atoms with Crippen LogP contribution in [0.5, 0.6) is 0 Å². The van der Waals surface area contributed by atoms with Gasteiger partial charge in [-0.1, -0.05) is 30.3 Å². The highest BCUT2D eigenvalue weighted by Crippen LogP contribution is 2.45. The summed E-state index contributed by atoms with van der Waals surface area (Å²) in [6.07, 6.45) is 6.97. The summed E-state index contributed by atoms with van der Waals surface area (Å²) in [5.41, 5.74) is 3.59. The van der Waals surface area contributed by atoms with Gasteiger partial charge in [-0.2, -0.15) is 5.26 Å². The predicted molar refractivity (Wildman–Crippen MR) is 102 cm³/mol. The number of carbonyl (C=O) groups excluding carboxylic acids is 1. The average Bonchev–Trinajstić information content (AvgIpc) is 3.23. The lowest BCUT2D eigenvalue weighted by molar-refractivity contribution is -0.154. The molecule has 0 unspecified atom stereocenters. The van der Waals surface area contributed by atoms with Gasteiger partial charge in [-0.05, 0) is 48.8 Å². The number of amides is 1. The van der Waals surface area contributed by atoms with Crippen LogP contribution in [0.1, 0.15) is 49.1 Å². The summed E-state index contributed by atoms with van der Waals surface area (Å²) in [4.78, 5) is 14.7. The molecule has 0 aromatic heterocycles. The second-order valence-electron chi connectivity index (χ2n) is 7.69. The maximum atomic E-state index is 13.0. The minimum absolute atomic E-state index is 0.00212. The van der Waals surface area contributed by atoms with Crippen LogP contribution in [-0.4, -0.2) is 47.8 Å². The zero-order valence-electron chi connectivity index (χ0n) is 15.5. The molecule has 1 amide bonds. The van der Waals surface area contributed by atoms with Crippen molar-refractivity contribution >= 4 is 11.5 Å². The van der Waals surface area contributed by atoms with Gasteiger partial charge in [0, 0.05) is 25.0 Å². The van der Waals surface area contributed by atoms with Gasteiger partial charge in [0.05, 0.1) is 18.7 Å². The fourth-order valence-electron chi connectivity index (χ4n) is 4.83. The van der Waals surface area contributed by atoms with Crippen molar-refractivity contribution in [3.63, 3.8) is 0 Å². The van der Waals surface area contributed by atoms with E-state index in [0.717, 1.165) is 24.8 Å². The van der Waals surface area contributed by atoms with Crippen LogP contribution >= 0.6 is 0 Å². The van der Waals surface area contributed by atoms with Crippen molar-refractivity contribution in [2.75, 3.05) is 19.8 Å². The number of allylic oxidation sites excluding steroid dienone is 2. The largest absolute Gasteiger partial charge is 0.394 e. The number of nitriles is 1. The molecule has 2 saturated heterocycles. The molecule has 0 spiro atoms. The minimum atomic E-state index is -0.513. The summed E-state index contributed by atoms with van der Waals surface area (Å²) in [6.45, 7) is 1.06. The van der Waals surface area contributed by atoms with Gasteiger partial charge >= 0.3 is 0 Å². The van der Waals surface area contributed by atoms with Gasteiger partial charge in [0.15, 0.2) is 0 Å². The van der Waals surface area contributed by atoms with Gasteiger partial charge in [-0.25, -0.2) is 0 Å². The Morgan fingerprint density at radius 2 is 2.07 bits per heavy atom. The van der Waals surface area contributed by atoms with E-state index < -0.39 is 6.04 Å². The number of benzene rings is 1. The SMILES string of the molecule is N#C[C@@H]1[C@@H](c2ccccc2C2=CCCC2)[C@H](CO)N1C(=O)C1CCOCC1. The number of aliphatic hydroxyl groups excluding tert-OH is 1. The molecule has 142 valence electrons. The van der Waals surface area contributed by atoms with E-state index in [1.165, 1.54) is 11.1 Å². The van der Waals surface area contributed by atoms with E-state index in [1.807, 2.05) is 12.1 Å². The smallest absolute Gasteiger partial charge is 0.227 e. The van der Waals surface area contributed by atoms with Crippen LogP contribution < -0.4 is 0 Å². The zero-order valence-corrected chi connectivity index (χ0v) is 15.5. The molecular weight excluding hydrogens is 340 g/mol. The van der Waals surface area contributed by atoms with Crippen molar-refractivity contribution in [2.45, 2.75) is 50.1 Å². The first-order valence-electron chi connectivity index (χ1n) is 9.95. The normalized spacial score (nSPS) is 28.4. The Morgan fingerprint density at radius 1 is 1.30 bits per heavy atom. The Hall–Kier alpha value is -2.16. The summed E-state index contributed by atoms with van der Waals surface area (Å²) < 4.78 is 5.36. The number of likely N-dealkylation sites (tertiary alicyclic amines) is 1. The second-order valence-corrected chi connectivity index (χ2v) is 7.69. The molecule has 1 aromatic rings. The van der Waals surface area contributed by atoms with E-state index in [4.69, 9.17) is 4.74 Å². The molecule has 0 bridgehead atoms. The molecule has 3 atom stereocenters. The van der Waals surface area contributed by atoms with Gasteiger partial charge in [-0.3, -0.25) is 4.79 Å². The molecule has 27 heavy (non-hydrogen) atoms. The maximum Gasteiger partial charge on any atom is 0.227 e. The van der Waals surface area contributed by atoms with Gasteiger partial charge in [0.25, 0.3) is 0 Å². The van der Waals surface area contributed by atoms with E-state index >= 15 is 0 Å². The third-order valence-corrected chi connectivity index (χ3v) is 6.26. The Labute approximate surface area is 160 Å². The Balaban J connectivity index is 1.63. The lowest BCUT2D eigenvalue weighted by Crippen LogP contribution is -2.66. The highest BCUT2D eigenvalue weighted by molar-refractivity contribution is 5.82. The first-order valence-corrected chi connectivity index (χ1v) is 9.95. The second kappa shape index (κ2) is 7.84. The summed E-state index contributed by atoms with van der Waals surface area (Å²) in [5.74, 6) is -0.239. The van der Waals surface area contributed by atoms with Gasteiger partial charge in [0.2, 0.25) is 5.91 Å². The highest BCUT2D eigenvalue weighted by Gasteiger charge is 2.53. The van der Waals surface area contributed by atoms with Crippen LogP contribution in [0.25, 0.3) is 5.57 Å². The number of rotatable bonds is 4. The Morgan fingerprint density at radius 3 is 2.74 bits per heavy atom. The van der Waals surface area contributed by atoms with E-state index in [-0.39, 0.29) is 30.4 Å². The molecule has 0 saturated carbocycles. The van der Waals surface area contributed by atoms with Crippen LogP contribution in [0.2, 0.25) is 0 Å². The average molecular weight is 366 g/mol. The molecule has 5 heteroatoms. The molecular formula is C22H26N2O3. The standard InChI is InChI=1S/C22H26N2O3/c23-13-19-21(18-8-4-3-7-17(18)15-5-1-2-6-15)20(14-25)24(19)22(26)16-9-11-27-12-10-16/h3-5,7-8,16,19-21,25H,1-2,6,9-12,14H2/t19-,20+,21-/m1/s1. The van der Waals surface area contributed by atoms with Gasteiger partial charge in [0.1, 0.15) is 6.04 Å². The monoisotopic (exact) mass is 366 g/mol. The third kappa shape index (κ3) is 3.18. The van der Waals surface area contributed by atoms with Crippen molar-refractivity contribution in [2.24, 2.45) is 5.92 Å². The molecule has 2 heterocycles. The lowest BCUT2D eigenvalue weighted by atomic mass is 9.72.